The minimum absolute atomic E-state index is 0.00708. The van der Waals surface area contributed by atoms with E-state index in [2.05, 4.69) is 10.9 Å². The van der Waals surface area contributed by atoms with Crippen LogP contribution in [0.3, 0.4) is 0 Å². The predicted octanol–water partition coefficient (Wildman–Crippen LogP) is 2.79. The number of carbonyl (C=O) groups excluding carboxylic acids is 3. The van der Waals surface area contributed by atoms with Crippen molar-refractivity contribution < 1.29 is 19.5 Å². The van der Waals surface area contributed by atoms with Crippen molar-refractivity contribution in [3.05, 3.63) is 47.2 Å². The third-order valence-electron chi connectivity index (χ3n) is 5.56. The van der Waals surface area contributed by atoms with Crippen molar-refractivity contribution in [2.75, 3.05) is 13.6 Å². The number of carbonyl (C=O) groups is 3. The Morgan fingerprint density at radius 2 is 1.93 bits per heavy atom. The quantitative estimate of drug-likeness (QED) is 0.612. The molecule has 154 valence electrons. The summed E-state index contributed by atoms with van der Waals surface area (Å²) >= 11 is 0. The van der Waals surface area contributed by atoms with Crippen molar-refractivity contribution in [2.24, 2.45) is 5.92 Å². The van der Waals surface area contributed by atoms with Crippen molar-refractivity contribution in [3.63, 3.8) is 0 Å². The highest BCUT2D eigenvalue weighted by Gasteiger charge is 2.44. The second kappa shape index (κ2) is 8.50. The molecule has 2 aromatic rings. The first-order valence-electron chi connectivity index (χ1n) is 9.73. The smallest absolute Gasteiger partial charge is 0.223 e. The SMILES string of the molecule is C#CCN(C)C(=O)CC1CC(=O)C(c2c(C)cc(-c3ccc(O)cn3)cc2C)C1=O. The Balaban J connectivity index is 1.87. The second-order valence-corrected chi connectivity index (χ2v) is 7.79. The van der Waals surface area contributed by atoms with Crippen LogP contribution in [0.15, 0.2) is 30.5 Å². The maximum Gasteiger partial charge on any atom is 0.223 e. The molecule has 1 saturated carbocycles. The number of aromatic hydroxyl groups is 1. The summed E-state index contributed by atoms with van der Waals surface area (Å²) in [7, 11) is 1.59. The number of amides is 1. The molecule has 6 heteroatoms. The van der Waals surface area contributed by atoms with Gasteiger partial charge in [-0.3, -0.25) is 19.4 Å². The van der Waals surface area contributed by atoms with E-state index < -0.39 is 11.8 Å². The summed E-state index contributed by atoms with van der Waals surface area (Å²) in [6.45, 7) is 3.90. The lowest BCUT2D eigenvalue weighted by atomic mass is 9.85. The summed E-state index contributed by atoms with van der Waals surface area (Å²) in [4.78, 5) is 43.7. The Kier molecular flexibility index (Phi) is 6.02. The molecule has 1 amide bonds. The van der Waals surface area contributed by atoms with Gasteiger partial charge in [0.05, 0.1) is 18.4 Å². The lowest BCUT2D eigenvalue weighted by Gasteiger charge is -2.18. The van der Waals surface area contributed by atoms with Crippen LogP contribution < -0.4 is 0 Å². The van der Waals surface area contributed by atoms with E-state index in [1.165, 1.54) is 11.1 Å². The average Bonchev–Trinajstić information content (AvgIpc) is 2.96. The summed E-state index contributed by atoms with van der Waals surface area (Å²) in [5.41, 5.74) is 3.88. The van der Waals surface area contributed by atoms with E-state index in [0.29, 0.717) is 11.3 Å². The molecule has 0 saturated heterocycles. The lowest BCUT2D eigenvalue weighted by molar-refractivity contribution is -0.133. The normalized spacial score (nSPS) is 18.3. The van der Waals surface area contributed by atoms with Gasteiger partial charge in [0.15, 0.2) is 5.78 Å². The van der Waals surface area contributed by atoms with E-state index in [-0.39, 0.29) is 42.6 Å². The molecule has 0 radical (unpaired) electrons. The highest BCUT2D eigenvalue weighted by atomic mass is 16.3. The molecule has 1 N–H and O–H groups in total. The van der Waals surface area contributed by atoms with Crippen molar-refractivity contribution >= 4 is 17.5 Å². The fourth-order valence-corrected chi connectivity index (χ4v) is 4.06. The number of rotatable bonds is 5. The van der Waals surface area contributed by atoms with Gasteiger partial charge in [-0.05, 0) is 54.8 Å². The molecule has 2 unspecified atom stereocenters. The number of terminal acetylenes is 1. The van der Waals surface area contributed by atoms with Gasteiger partial charge in [0.1, 0.15) is 17.5 Å². The van der Waals surface area contributed by atoms with Crippen molar-refractivity contribution in [1.29, 1.82) is 0 Å². The van der Waals surface area contributed by atoms with E-state index >= 15 is 0 Å². The summed E-state index contributed by atoms with van der Waals surface area (Å²) in [5, 5.41) is 9.44. The van der Waals surface area contributed by atoms with Crippen LogP contribution in [0.5, 0.6) is 5.75 Å². The molecule has 0 aliphatic heterocycles. The van der Waals surface area contributed by atoms with E-state index in [9.17, 15) is 19.5 Å². The molecule has 3 rings (SSSR count). The molecule has 0 spiro atoms. The standard InChI is InChI=1S/C24H24N2O4/c1-5-8-26(4)21(29)12-17-11-20(28)23(24(17)30)22-14(2)9-16(10-15(22)3)19-7-6-18(27)13-25-19/h1,6-7,9-10,13,17,23,27H,8,11-12H2,2-4H3. The van der Waals surface area contributed by atoms with E-state index in [1.807, 2.05) is 26.0 Å². The fourth-order valence-electron chi connectivity index (χ4n) is 4.06. The van der Waals surface area contributed by atoms with Gasteiger partial charge in [-0.15, -0.1) is 6.42 Å². The molecule has 1 heterocycles. The molecular weight excluding hydrogens is 380 g/mol. The number of benzene rings is 1. The highest BCUT2D eigenvalue weighted by Crippen LogP contribution is 2.38. The van der Waals surface area contributed by atoms with Gasteiger partial charge >= 0.3 is 0 Å². The van der Waals surface area contributed by atoms with Crippen LogP contribution in [0, 0.1) is 32.1 Å². The van der Waals surface area contributed by atoms with Crippen molar-refractivity contribution in [2.45, 2.75) is 32.6 Å². The van der Waals surface area contributed by atoms with Crippen LogP contribution in [0.1, 0.15) is 35.4 Å². The minimum Gasteiger partial charge on any atom is -0.506 e. The summed E-state index contributed by atoms with van der Waals surface area (Å²) in [5.74, 6) is 0.426. The fraction of sp³-hybridized carbons (Fsp3) is 0.333. The van der Waals surface area contributed by atoms with Gasteiger partial charge in [0, 0.05) is 31.4 Å². The Hall–Kier alpha value is -3.46. The van der Waals surface area contributed by atoms with Crippen LogP contribution in [-0.2, 0) is 14.4 Å². The Morgan fingerprint density at radius 1 is 1.27 bits per heavy atom. The van der Waals surface area contributed by atoms with Gasteiger partial charge in [-0.1, -0.05) is 5.92 Å². The third-order valence-corrected chi connectivity index (χ3v) is 5.56. The Labute approximate surface area is 175 Å². The van der Waals surface area contributed by atoms with Crippen molar-refractivity contribution in [1.82, 2.24) is 9.88 Å². The number of nitrogens with zero attached hydrogens (tertiary/aromatic N) is 2. The molecule has 6 nitrogen and oxygen atoms in total. The zero-order chi connectivity index (χ0) is 22.0. The molecule has 30 heavy (non-hydrogen) atoms. The maximum atomic E-state index is 13.1. The number of Topliss-reactive ketones (excluding diaryl/α,β-unsaturated/α-hetero) is 2. The van der Waals surface area contributed by atoms with Crippen LogP contribution in [0.4, 0.5) is 0 Å². The largest absolute Gasteiger partial charge is 0.506 e. The molecule has 1 aliphatic rings. The number of aromatic nitrogens is 1. The van der Waals surface area contributed by atoms with E-state index in [0.717, 1.165) is 16.7 Å². The lowest BCUT2D eigenvalue weighted by Crippen LogP contribution is -2.30. The summed E-state index contributed by atoms with van der Waals surface area (Å²) in [6, 6.07) is 7.05. The van der Waals surface area contributed by atoms with Gasteiger partial charge in [-0.2, -0.15) is 0 Å². The number of aryl methyl sites for hydroxylation is 2. The predicted molar refractivity (Wildman–Crippen MR) is 113 cm³/mol. The number of pyridine rings is 1. The number of hydrogen-bond donors (Lipinski definition) is 1. The topological polar surface area (TPSA) is 87.6 Å². The molecule has 1 aliphatic carbocycles. The van der Waals surface area contributed by atoms with Crippen LogP contribution >= 0.6 is 0 Å². The average molecular weight is 404 g/mol. The first-order valence-corrected chi connectivity index (χ1v) is 9.73. The molecule has 0 bridgehead atoms. The molecule has 1 aromatic carbocycles. The van der Waals surface area contributed by atoms with Gasteiger partial charge in [0.25, 0.3) is 0 Å². The molecule has 2 atom stereocenters. The van der Waals surface area contributed by atoms with Crippen LogP contribution in [0.25, 0.3) is 11.3 Å². The minimum atomic E-state index is -0.845. The number of ketones is 2. The van der Waals surface area contributed by atoms with E-state index in [4.69, 9.17) is 6.42 Å². The summed E-state index contributed by atoms with van der Waals surface area (Å²) < 4.78 is 0. The first-order chi connectivity index (χ1) is 14.2. The maximum absolute atomic E-state index is 13.1. The second-order valence-electron chi connectivity index (χ2n) is 7.79. The van der Waals surface area contributed by atoms with E-state index in [1.54, 1.807) is 19.2 Å². The summed E-state index contributed by atoms with van der Waals surface area (Å²) in [6.07, 6.45) is 6.67. The first kappa shape index (κ1) is 21.3. The third kappa shape index (κ3) is 4.11. The molecular formula is C24H24N2O4. The van der Waals surface area contributed by atoms with Crippen molar-refractivity contribution in [3.8, 4) is 29.4 Å². The van der Waals surface area contributed by atoms with Gasteiger partial charge in [0.2, 0.25) is 5.91 Å². The van der Waals surface area contributed by atoms with Gasteiger partial charge in [-0.25, -0.2) is 0 Å². The highest BCUT2D eigenvalue weighted by molar-refractivity contribution is 6.15. The monoisotopic (exact) mass is 404 g/mol. The van der Waals surface area contributed by atoms with Crippen LogP contribution in [-0.4, -0.2) is 46.1 Å². The number of hydrogen-bond acceptors (Lipinski definition) is 5. The van der Waals surface area contributed by atoms with Crippen LogP contribution in [0.2, 0.25) is 0 Å². The zero-order valence-corrected chi connectivity index (χ0v) is 17.3. The molecule has 1 aromatic heterocycles. The Bertz CT molecular complexity index is 1030. The Morgan fingerprint density at radius 3 is 2.50 bits per heavy atom. The van der Waals surface area contributed by atoms with Gasteiger partial charge < -0.3 is 10.0 Å². The zero-order valence-electron chi connectivity index (χ0n) is 17.3. The molecule has 1 fully saturated rings.